The molecule has 0 aromatic heterocycles. The number of nitrogens with one attached hydrogen (secondary N) is 1. The van der Waals surface area contributed by atoms with Crippen molar-refractivity contribution in [3.63, 3.8) is 0 Å². The number of benzene rings is 2. The Morgan fingerprint density at radius 1 is 1.00 bits per heavy atom. The van der Waals surface area contributed by atoms with Gasteiger partial charge >= 0.3 is 5.97 Å². The summed E-state index contributed by atoms with van der Waals surface area (Å²) in [5.74, 6) is 0.271. The number of carbonyl (C=O) groups is 2. The molecular formula is C20H23NO7. The zero-order valence-electron chi connectivity index (χ0n) is 16.1. The molecule has 0 heterocycles. The van der Waals surface area contributed by atoms with Crippen LogP contribution in [0.3, 0.4) is 0 Å². The highest BCUT2D eigenvalue weighted by atomic mass is 16.5. The van der Waals surface area contributed by atoms with E-state index in [0.717, 1.165) is 5.56 Å². The van der Waals surface area contributed by atoms with Gasteiger partial charge in [0.2, 0.25) is 5.75 Å². The predicted molar refractivity (Wildman–Crippen MR) is 102 cm³/mol. The van der Waals surface area contributed by atoms with Crippen molar-refractivity contribution in [1.82, 2.24) is 5.32 Å². The molecule has 0 saturated heterocycles. The third-order valence-corrected chi connectivity index (χ3v) is 4.02. The van der Waals surface area contributed by atoms with Crippen molar-refractivity contribution in [2.75, 3.05) is 27.9 Å². The zero-order chi connectivity index (χ0) is 20.7. The van der Waals surface area contributed by atoms with Crippen LogP contribution in [0.1, 0.15) is 28.9 Å². The molecule has 2 aromatic carbocycles. The average Bonchev–Trinajstić information content (AvgIpc) is 2.71. The van der Waals surface area contributed by atoms with Crippen LogP contribution in [0.4, 0.5) is 0 Å². The summed E-state index contributed by atoms with van der Waals surface area (Å²) in [5, 5.41) is 11.5. The van der Waals surface area contributed by atoms with Gasteiger partial charge in [0.05, 0.1) is 27.4 Å². The van der Waals surface area contributed by atoms with Crippen LogP contribution in [-0.4, -0.2) is 44.9 Å². The number of methoxy groups -OCH3 is 3. The zero-order valence-corrected chi connectivity index (χ0v) is 16.1. The van der Waals surface area contributed by atoms with Crippen LogP contribution >= 0.6 is 0 Å². The lowest BCUT2D eigenvalue weighted by Crippen LogP contribution is -2.26. The van der Waals surface area contributed by atoms with Crippen molar-refractivity contribution >= 4 is 11.9 Å². The van der Waals surface area contributed by atoms with Crippen molar-refractivity contribution in [1.29, 1.82) is 0 Å². The molecule has 0 saturated carbocycles. The molecule has 1 amide bonds. The van der Waals surface area contributed by atoms with Crippen molar-refractivity contribution in [3.8, 4) is 23.0 Å². The molecule has 150 valence electrons. The summed E-state index contributed by atoms with van der Waals surface area (Å²) in [6.45, 7) is 1.43. The van der Waals surface area contributed by atoms with E-state index >= 15 is 0 Å². The highest BCUT2D eigenvalue weighted by Crippen LogP contribution is 2.38. The Labute approximate surface area is 163 Å². The lowest BCUT2D eigenvalue weighted by Gasteiger charge is -2.17. The number of carboxylic acids is 1. The molecule has 0 aliphatic carbocycles. The molecule has 2 aromatic rings. The fraction of sp³-hybridized carbons (Fsp3) is 0.300. The van der Waals surface area contributed by atoms with Gasteiger partial charge in [-0.1, -0.05) is 12.1 Å². The molecule has 1 atom stereocenters. The Balaban J connectivity index is 2.12. The van der Waals surface area contributed by atoms with Crippen LogP contribution in [-0.2, 0) is 4.79 Å². The number of carboxylic acid groups (broad SMARTS) is 1. The quantitative estimate of drug-likeness (QED) is 0.679. The van der Waals surface area contributed by atoms with E-state index in [1.807, 2.05) is 6.92 Å². The van der Waals surface area contributed by atoms with Gasteiger partial charge in [-0.25, -0.2) is 4.79 Å². The van der Waals surface area contributed by atoms with Gasteiger partial charge in [0.25, 0.3) is 5.91 Å². The first kappa shape index (κ1) is 20.9. The van der Waals surface area contributed by atoms with E-state index in [4.69, 9.17) is 24.1 Å². The molecule has 0 aliphatic rings. The smallest absolute Gasteiger partial charge is 0.341 e. The standard InChI is InChI=1S/C20H23NO7/c1-12(13-5-7-15(8-6-13)28-11-18(22)23)21-20(24)14-9-16(25-2)19(27-4)17(10-14)26-3/h5-10,12H,11H2,1-4H3,(H,21,24)(H,22,23). The maximum atomic E-state index is 12.7. The summed E-state index contributed by atoms with van der Waals surface area (Å²) in [5.41, 5.74) is 1.20. The van der Waals surface area contributed by atoms with Gasteiger partial charge in [-0.3, -0.25) is 4.79 Å². The Hall–Kier alpha value is -3.42. The minimum Gasteiger partial charge on any atom is -0.493 e. The van der Waals surface area contributed by atoms with Gasteiger partial charge in [0.15, 0.2) is 18.1 Å². The Morgan fingerprint density at radius 3 is 2.04 bits per heavy atom. The second-order valence-electron chi connectivity index (χ2n) is 5.86. The van der Waals surface area contributed by atoms with Crippen LogP contribution in [0.15, 0.2) is 36.4 Å². The molecule has 0 aliphatic heterocycles. The van der Waals surface area contributed by atoms with Crippen LogP contribution in [0.5, 0.6) is 23.0 Å². The Bertz CT molecular complexity index is 808. The molecule has 0 spiro atoms. The second kappa shape index (κ2) is 9.50. The lowest BCUT2D eigenvalue weighted by atomic mass is 10.1. The maximum Gasteiger partial charge on any atom is 0.341 e. The number of hydrogen-bond donors (Lipinski definition) is 2. The van der Waals surface area contributed by atoms with E-state index < -0.39 is 12.6 Å². The molecule has 8 heteroatoms. The van der Waals surface area contributed by atoms with Crippen molar-refractivity contribution in [3.05, 3.63) is 47.5 Å². The molecule has 2 rings (SSSR count). The summed E-state index contributed by atoms with van der Waals surface area (Å²) < 4.78 is 20.9. The fourth-order valence-corrected chi connectivity index (χ4v) is 2.57. The number of amides is 1. The monoisotopic (exact) mass is 389 g/mol. The lowest BCUT2D eigenvalue weighted by molar-refractivity contribution is -0.139. The van der Waals surface area contributed by atoms with Crippen LogP contribution in [0, 0.1) is 0 Å². The Morgan fingerprint density at radius 2 is 1.57 bits per heavy atom. The van der Waals surface area contributed by atoms with E-state index in [2.05, 4.69) is 5.32 Å². The summed E-state index contributed by atoms with van der Waals surface area (Å²) in [7, 11) is 4.46. The molecular weight excluding hydrogens is 366 g/mol. The van der Waals surface area contributed by atoms with Crippen molar-refractivity contribution < 1.29 is 33.6 Å². The topological polar surface area (TPSA) is 103 Å². The van der Waals surface area contributed by atoms with Gasteiger partial charge in [-0.05, 0) is 36.8 Å². The summed E-state index contributed by atoms with van der Waals surface area (Å²) in [6, 6.07) is 9.69. The van der Waals surface area contributed by atoms with Gasteiger partial charge in [-0.2, -0.15) is 0 Å². The molecule has 1 unspecified atom stereocenters. The van der Waals surface area contributed by atoms with Gasteiger partial charge in [-0.15, -0.1) is 0 Å². The highest BCUT2D eigenvalue weighted by molar-refractivity contribution is 5.95. The minimum atomic E-state index is -1.05. The van der Waals surface area contributed by atoms with Gasteiger partial charge in [0.1, 0.15) is 5.75 Å². The summed E-state index contributed by atoms with van der Waals surface area (Å²) in [4.78, 5) is 23.2. The maximum absolute atomic E-state index is 12.7. The highest BCUT2D eigenvalue weighted by Gasteiger charge is 2.18. The summed E-state index contributed by atoms with van der Waals surface area (Å²) in [6.07, 6.45) is 0. The molecule has 0 bridgehead atoms. The Kier molecular flexibility index (Phi) is 7.08. The van der Waals surface area contributed by atoms with Crippen LogP contribution in [0.25, 0.3) is 0 Å². The van der Waals surface area contributed by atoms with Crippen LogP contribution < -0.4 is 24.3 Å². The first-order chi connectivity index (χ1) is 13.4. The molecule has 2 N–H and O–H groups in total. The third kappa shape index (κ3) is 5.06. The molecule has 28 heavy (non-hydrogen) atoms. The average molecular weight is 389 g/mol. The number of rotatable bonds is 9. The molecule has 0 fully saturated rings. The van der Waals surface area contributed by atoms with Crippen LogP contribution in [0.2, 0.25) is 0 Å². The number of carbonyl (C=O) groups excluding carboxylic acids is 1. The molecule has 8 nitrogen and oxygen atoms in total. The first-order valence-corrected chi connectivity index (χ1v) is 8.45. The first-order valence-electron chi connectivity index (χ1n) is 8.45. The fourth-order valence-electron chi connectivity index (χ4n) is 2.57. The number of aliphatic carboxylic acids is 1. The van der Waals surface area contributed by atoms with E-state index in [1.54, 1.807) is 36.4 Å². The molecule has 0 radical (unpaired) electrons. The van der Waals surface area contributed by atoms with E-state index in [-0.39, 0.29) is 11.9 Å². The van der Waals surface area contributed by atoms with E-state index in [9.17, 15) is 9.59 Å². The van der Waals surface area contributed by atoms with Crippen molar-refractivity contribution in [2.45, 2.75) is 13.0 Å². The predicted octanol–water partition coefficient (Wildman–Crippen LogP) is 2.67. The number of hydrogen-bond acceptors (Lipinski definition) is 6. The second-order valence-corrected chi connectivity index (χ2v) is 5.86. The number of ether oxygens (including phenoxy) is 4. The third-order valence-electron chi connectivity index (χ3n) is 4.02. The van der Waals surface area contributed by atoms with E-state index in [1.165, 1.54) is 21.3 Å². The van der Waals surface area contributed by atoms with Crippen molar-refractivity contribution in [2.24, 2.45) is 0 Å². The summed E-state index contributed by atoms with van der Waals surface area (Å²) >= 11 is 0. The normalized spacial score (nSPS) is 11.3. The van der Waals surface area contributed by atoms with E-state index in [0.29, 0.717) is 28.6 Å². The SMILES string of the molecule is COc1cc(C(=O)NC(C)c2ccc(OCC(=O)O)cc2)cc(OC)c1OC. The largest absolute Gasteiger partial charge is 0.493 e. The van der Waals surface area contributed by atoms with Gasteiger partial charge in [0, 0.05) is 5.56 Å². The minimum absolute atomic E-state index is 0.292. The van der Waals surface area contributed by atoms with Gasteiger partial charge < -0.3 is 29.4 Å².